The van der Waals surface area contributed by atoms with Gasteiger partial charge in [0.15, 0.2) is 0 Å². The molecule has 0 radical (unpaired) electrons. The fraction of sp³-hybridized carbons (Fsp3) is 0.615. The van der Waals surface area contributed by atoms with E-state index >= 15 is 0 Å². The van der Waals surface area contributed by atoms with Crippen molar-refractivity contribution in [1.82, 2.24) is 4.98 Å². The van der Waals surface area contributed by atoms with Crippen LogP contribution < -0.4 is 4.90 Å². The van der Waals surface area contributed by atoms with Gasteiger partial charge in [0.2, 0.25) is 0 Å². The van der Waals surface area contributed by atoms with Crippen molar-refractivity contribution in [2.75, 3.05) is 11.4 Å². The van der Waals surface area contributed by atoms with E-state index in [1.165, 1.54) is 32.1 Å². The van der Waals surface area contributed by atoms with E-state index in [0.29, 0.717) is 11.2 Å². The van der Waals surface area contributed by atoms with E-state index < -0.39 is 0 Å². The molecule has 0 amide bonds. The van der Waals surface area contributed by atoms with Crippen molar-refractivity contribution < 1.29 is 0 Å². The van der Waals surface area contributed by atoms with Crippen LogP contribution in [0.4, 0.5) is 5.82 Å². The Bertz CT molecular complexity index is 338. The Morgan fingerprint density at radius 3 is 3.06 bits per heavy atom. The van der Waals surface area contributed by atoms with Crippen LogP contribution in [0.1, 0.15) is 39.0 Å². The number of rotatable bonds is 3. The number of aromatic nitrogens is 1. The Kier molecular flexibility index (Phi) is 4.05. The molecule has 1 atom stereocenters. The fourth-order valence-corrected chi connectivity index (χ4v) is 2.65. The lowest BCUT2D eigenvalue weighted by atomic mass is 9.98. The molecule has 88 valence electrons. The highest BCUT2D eigenvalue weighted by Gasteiger charge is 2.22. The predicted octanol–water partition coefficient (Wildman–Crippen LogP) is 3.89. The van der Waals surface area contributed by atoms with Gasteiger partial charge in [-0.2, -0.15) is 0 Å². The molecule has 16 heavy (non-hydrogen) atoms. The Balaban J connectivity index is 2.16. The van der Waals surface area contributed by atoms with Crippen LogP contribution in [-0.2, 0) is 0 Å². The minimum absolute atomic E-state index is 0.596. The van der Waals surface area contributed by atoms with Crippen molar-refractivity contribution in [3.63, 3.8) is 0 Å². The van der Waals surface area contributed by atoms with Gasteiger partial charge in [-0.3, -0.25) is 0 Å². The first-order valence-electron chi connectivity index (χ1n) is 6.20. The van der Waals surface area contributed by atoms with Crippen LogP contribution in [0.5, 0.6) is 0 Å². The first-order chi connectivity index (χ1) is 7.81. The van der Waals surface area contributed by atoms with Crippen molar-refractivity contribution in [1.29, 1.82) is 0 Å². The number of pyridine rings is 1. The second kappa shape index (κ2) is 5.53. The lowest BCUT2D eigenvalue weighted by Crippen LogP contribution is -2.40. The van der Waals surface area contributed by atoms with Gasteiger partial charge in [-0.05, 0) is 37.8 Å². The lowest BCUT2D eigenvalue weighted by Gasteiger charge is -2.36. The normalized spacial score (nSPS) is 21.1. The third-order valence-corrected chi connectivity index (χ3v) is 3.45. The van der Waals surface area contributed by atoms with Gasteiger partial charge >= 0.3 is 0 Å². The highest BCUT2D eigenvalue weighted by molar-refractivity contribution is 6.29. The molecule has 1 fully saturated rings. The highest BCUT2D eigenvalue weighted by Crippen LogP contribution is 2.26. The van der Waals surface area contributed by atoms with E-state index in [1.807, 2.05) is 12.1 Å². The van der Waals surface area contributed by atoms with Crippen molar-refractivity contribution in [2.24, 2.45) is 0 Å². The first kappa shape index (κ1) is 11.7. The summed E-state index contributed by atoms with van der Waals surface area (Å²) in [4.78, 5) is 6.85. The molecule has 1 aromatic heterocycles. The molecule has 2 heterocycles. The summed E-state index contributed by atoms with van der Waals surface area (Å²) in [5.74, 6) is 1.05. The Morgan fingerprint density at radius 2 is 2.31 bits per heavy atom. The standard InChI is InChI=1S/C13H19ClN2/c1-2-6-11-7-3-4-10-16(11)13-9-5-8-12(14)15-13/h5,8-9,11H,2-4,6-7,10H2,1H3. The van der Waals surface area contributed by atoms with Crippen LogP contribution in [0.25, 0.3) is 0 Å². The van der Waals surface area contributed by atoms with Gasteiger partial charge in [0.1, 0.15) is 11.0 Å². The SMILES string of the molecule is CCCC1CCCCN1c1cccc(Cl)n1. The molecule has 0 aromatic carbocycles. The van der Waals surface area contributed by atoms with E-state index in [1.54, 1.807) is 0 Å². The maximum Gasteiger partial charge on any atom is 0.131 e. The second-order valence-electron chi connectivity index (χ2n) is 4.45. The summed E-state index contributed by atoms with van der Waals surface area (Å²) in [5.41, 5.74) is 0. The quantitative estimate of drug-likeness (QED) is 0.743. The number of piperidine rings is 1. The molecular weight excluding hydrogens is 220 g/mol. The lowest BCUT2D eigenvalue weighted by molar-refractivity contribution is 0.432. The summed E-state index contributed by atoms with van der Waals surface area (Å²) >= 11 is 5.95. The average Bonchev–Trinajstić information content (AvgIpc) is 2.30. The average molecular weight is 239 g/mol. The second-order valence-corrected chi connectivity index (χ2v) is 4.84. The van der Waals surface area contributed by atoms with Gasteiger partial charge in [-0.1, -0.05) is 31.0 Å². The molecule has 3 heteroatoms. The molecule has 0 bridgehead atoms. The zero-order valence-corrected chi connectivity index (χ0v) is 10.6. The maximum absolute atomic E-state index is 5.95. The van der Waals surface area contributed by atoms with Gasteiger partial charge in [-0.25, -0.2) is 4.98 Å². The third-order valence-electron chi connectivity index (χ3n) is 3.24. The minimum atomic E-state index is 0.596. The predicted molar refractivity (Wildman–Crippen MR) is 69.1 cm³/mol. The fourth-order valence-electron chi connectivity index (χ4n) is 2.49. The van der Waals surface area contributed by atoms with Gasteiger partial charge in [0, 0.05) is 12.6 Å². The van der Waals surface area contributed by atoms with E-state index in [-0.39, 0.29) is 0 Å². The van der Waals surface area contributed by atoms with Crippen molar-refractivity contribution in [3.05, 3.63) is 23.4 Å². The molecule has 0 aliphatic carbocycles. The number of halogens is 1. The van der Waals surface area contributed by atoms with Gasteiger partial charge in [0.25, 0.3) is 0 Å². The summed E-state index contributed by atoms with van der Waals surface area (Å²) in [6, 6.07) is 6.55. The zero-order valence-electron chi connectivity index (χ0n) is 9.82. The topological polar surface area (TPSA) is 16.1 Å². The van der Waals surface area contributed by atoms with Crippen LogP contribution >= 0.6 is 11.6 Å². The molecule has 1 unspecified atom stereocenters. The third kappa shape index (κ3) is 2.67. The van der Waals surface area contributed by atoms with Crippen LogP contribution in [-0.4, -0.2) is 17.6 Å². The Morgan fingerprint density at radius 1 is 1.44 bits per heavy atom. The first-order valence-corrected chi connectivity index (χ1v) is 6.58. The van der Waals surface area contributed by atoms with Gasteiger partial charge < -0.3 is 4.90 Å². The summed E-state index contributed by atoms with van der Waals surface area (Å²) in [6.07, 6.45) is 6.41. The van der Waals surface area contributed by atoms with Gasteiger partial charge in [-0.15, -0.1) is 0 Å². The zero-order chi connectivity index (χ0) is 11.4. The van der Waals surface area contributed by atoms with E-state index in [4.69, 9.17) is 11.6 Å². The molecular formula is C13H19ClN2. The summed E-state index contributed by atoms with van der Waals surface area (Å²) in [7, 11) is 0. The largest absolute Gasteiger partial charge is 0.354 e. The monoisotopic (exact) mass is 238 g/mol. The summed E-state index contributed by atoms with van der Waals surface area (Å²) < 4.78 is 0. The molecule has 2 nitrogen and oxygen atoms in total. The smallest absolute Gasteiger partial charge is 0.131 e. The molecule has 1 aromatic rings. The molecule has 2 rings (SSSR count). The highest BCUT2D eigenvalue weighted by atomic mass is 35.5. The molecule has 0 spiro atoms. The van der Waals surface area contributed by atoms with Crippen molar-refractivity contribution in [3.8, 4) is 0 Å². The molecule has 1 aliphatic heterocycles. The number of hydrogen-bond acceptors (Lipinski definition) is 2. The van der Waals surface area contributed by atoms with Crippen LogP contribution in [0.2, 0.25) is 5.15 Å². The molecule has 1 saturated heterocycles. The van der Waals surface area contributed by atoms with Crippen LogP contribution in [0, 0.1) is 0 Å². The molecule has 1 aliphatic rings. The number of nitrogens with zero attached hydrogens (tertiary/aromatic N) is 2. The Hall–Kier alpha value is -0.760. The minimum Gasteiger partial charge on any atom is -0.354 e. The van der Waals surface area contributed by atoms with Crippen LogP contribution in [0.15, 0.2) is 18.2 Å². The Labute approximate surface area is 103 Å². The van der Waals surface area contributed by atoms with Crippen LogP contribution in [0.3, 0.4) is 0 Å². The molecule has 0 N–H and O–H groups in total. The van der Waals surface area contributed by atoms with Crippen molar-refractivity contribution in [2.45, 2.75) is 45.1 Å². The van der Waals surface area contributed by atoms with Gasteiger partial charge in [0.05, 0.1) is 0 Å². The molecule has 0 saturated carbocycles. The number of hydrogen-bond donors (Lipinski definition) is 0. The van der Waals surface area contributed by atoms with E-state index in [9.17, 15) is 0 Å². The number of anilines is 1. The maximum atomic E-state index is 5.95. The van der Waals surface area contributed by atoms with E-state index in [0.717, 1.165) is 12.4 Å². The van der Waals surface area contributed by atoms with Crippen molar-refractivity contribution >= 4 is 17.4 Å². The summed E-state index contributed by atoms with van der Waals surface area (Å²) in [5, 5.41) is 0.596. The summed E-state index contributed by atoms with van der Waals surface area (Å²) in [6.45, 7) is 3.37. The van der Waals surface area contributed by atoms with E-state index in [2.05, 4.69) is 22.9 Å².